The number of benzene rings is 1. The number of methoxy groups -OCH3 is 1. The summed E-state index contributed by atoms with van der Waals surface area (Å²) in [6, 6.07) is 3.69. The second-order valence-corrected chi connectivity index (χ2v) is 11.3. The Labute approximate surface area is 227 Å². The van der Waals surface area contributed by atoms with E-state index in [1.807, 2.05) is 19.9 Å². The van der Waals surface area contributed by atoms with Crippen LogP contribution in [0, 0.1) is 27.2 Å². The van der Waals surface area contributed by atoms with Crippen molar-refractivity contribution in [3.05, 3.63) is 38.0 Å². The van der Waals surface area contributed by atoms with Gasteiger partial charge in [0, 0.05) is 13.0 Å². The van der Waals surface area contributed by atoms with Crippen molar-refractivity contribution in [1.82, 2.24) is 4.90 Å². The zero-order chi connectivity index (χ0) is 26.7. The summed E-state index contributed by atoms with van der Waals surface area (Å²) in [5.74, 6) is -1.46. The number of hydrogen-bond acceptors (Lipinski definition) is 6. The fraction of sp³-hybridized carbons (Fsp3) is 0.571. The largest absolute Gasteiger partial charge is 0.504 e. The summed E-state index contributed by atoms with van der Waals surface area (Å²) in [5, 5.41) is 31.9. The van der Waals surface area contributed by atoms with Gasteiger partial charge in [-0.3, -0.25) is 14.5 Å². The lowest BCUT2D eigenvalue weighted by molar-refractivity contribution is -0.138. The van der Waals surface area contributed by atoms with E-state index in [0.717, 1.165) is 35.1 Å². The third kappa shape index (κ3) is 5.65. The molecule has 0 bridgehead atoms. The van der Waals surface area contributed by atoms with Gasteiger partial charge < -0.3 is 20.1 Å². The first-order chi connectivity index (χ1) is 17.0. The molecular formula is C28H38INO6. The molecule has 1 heterocycles. The SMILES string of the molecule is CCC/C(=C\c1cc(I)c(O)c(OC)c1)CC[C@@H](O)C1=C(C(C)C)C[C@H]2C(=O)N(C)C(=O)[C@H]2[C@H]1CO. The molecule has 0 unspecified atom stereocenters. The van der Waals surface area contributed by atoms with Crippen molar-refractivity contribution in [2.24, 2.45) is 23.7 Å². The molecule has 2 amide bonds. The molecule has 1 saturated heterocycles. The standard InChI is InChI=1S/C28H38INO6/c1-6-7-16(10-17-11-21(29)26(33)23(12-17)36-5)8-9-22(32)24-18(15(2)3)13-19-25(20(24)14-31)28(35)30(4)27(19)34/h10-12,15,19-20,22,25,31-33H,6-9,13-14H2,1-5H3/b16-10+/t19-,20+,22-,25-/m1/s1. The van der Waals surface area contributed by atoms with Crippen LogP contribution in [0.4, 0.5) is 0 Å². The molecule has 1 fully saturated rings. The minimum atomic E-state index is -0.816. The van der Waals surface area contributed by atoms with Crippen molar-refractivity contribution >= 4 is 40.5 Å². The van der Waals surface area contributed by atoms with Crippen LogP contribution in [0.1, 0.15) is 58.4 Å². The van der Waals surface area contributed by atoms with Crippen LogP contribution in [0.15, 0.2) is 28.9 Å². The van der Waals surface area contributed by atoms with Gasteiger partial charge in [0.25, 0.3) is 0 Å². The van der Waals surface area contributed by atoms with Gasteiger partial charge in [-0.1, -0.05) is 44.4 Å². The number of hydrogen-bond donors (Lipinski definition) is 3. The van der Waals surface area contributed by atoms with Gasteiger partial charge in [-0.05, 0) is 77.5 Å². The number of carbonyl (C=O) groups is 2. The topological polar surface area (TPSA) is 107 Å². The van der Waals surface area contributed by atoms with E-state index in [0.29, 0.717) is 28.6 Å². The fourth-order valence-corrected chi connectivity index (χ4v) is 6.36. The predicted molar refractivity (Wildman–Crippen MR) is 147 cm³/mol. The molecule has 8 heteroatoms. The number of amides is 2. The lowest BCUT2D eigenvalue weighted by atomic mass is 9.66. The van der Waals surface area contributed by atoms with E-state index in [4.69, 9.17) is 4.74 Å². The zero-order valence-corrected chi connectivity index (χ0v) is 23.9. The molecule has 0 saturated carbocycles. The smallest absolute Gasteiger partial charge is 0.233 e. The highest BCUT2D eigenvalue weighted by molar-refractivity contribution is 14.1. The first kappa shape index (κ1) is 28.7. The Morgan fingerprint density at radius 2 is 1.94 bits per heavy atom. The summed E-state index contributed by atoms with van der Waals surface area (Å²) in [6.07, 6.45) is 4.60. The normalized spacial score (nSPS) is 23.5. The van der Waals surface area contributed by atoms with Crippen LogP contribution in [0.3, 0.4) is 0 Å². The summed E-state index contributed by atoms with van der Waals surface area (Å²) in [7, 11) is 3.03. The molecule has 3 rings (SSSR count). The molecule has 7 nitrogen and oxygen atoms in total. The molecule has 0 radical (unpaired) electrons. The summed E-state index contributed by atoms with van der Waals surface area (Å²) >= 11 is 2.08. The van der Waals surface area contributed by atoms with Crippen molar-refractivity contribution in [2.45, 2.75) is 59.0 Å². The predicted octanol–water partition coefficient (Wildman–Crippen LogP) is 4.53. The first-order valence-electron chi connectivity index (χ1n) is 12.6. The molecular weight excluding hydrogens is 573 g/mol. The number of aromatic hydroxyl groups is 1. The van der Waals surface area contributed by atoms with Crippen LogP contribution in [-0.4, -0.2) is 58.9 Å². The second-order valence-electron chi connectivity index (χ2n) is 10.2. The number of likely N-dealkylation sites (tertiary alicyclic amines) is 1. The number of ether oxygens (including phenoxy) is 1. The van der Waals surface area contributed by atoms with Gasteiger partial charge >= 0.3 is 0 Å². The van der Waals surface area contributed by atoms with Gasteiger partial charge in [0.15, 0.2) is 11.5 Å². The van der Waals surface area contributed by atoms with Gasteiger partial charge in [0.05, 0.1) is 35.2 Å². The first-order valence-corrected chi connectivity index (χ1v) is 13.7. The van der Waals surface area contributed by atoms with Crippen molar-refractivity contribution in [2.75, 3.05) is 20.8 Å². The summed E-state index contributed by atoms with van der Waals surface area (Å²) in [4.78, 5) is 26.8. The number of imide groups is 1. The summed E-state index contributed by atoms with van der Waals surface area (Å²) in [6.45, 7) is 5.89. The van der Waals surface area contributed by atoms with E-state index < -0.39 is 23.9 Å². The molecule has 1 aliphatic carbocycles. The van der Waals surface area contributed by atoms with Crippen LogP contribution < -0.4 is 4.74 Å². The Bertz CT molecular complexity index is 1060. The minimum Gasteiger partial charge on any atom is -0.504 e. The quantitative estimate of drug-likeness (QED) is 0.204. The molecule has 1 aliphatic heterocycles. The highest BCUT2D eigenvalue weighted by Crippen LogP contribution is 2.47. The minimum absolute atomic E-state index is 0.0932. The lowest BCUT2D eigenvalue weighted by Gasteiger charge is -2.38. The van der Waals surface area contributed by atoms with E-state index in [-0.39, 0.29) is 30.1 Å². The molecule has 1 aromatic carbocycles. The molecule has 2 aliphatic rings. The Morgan fingerprint density at radius 3 is 2.53 bits per heavy atom. The van der Waals surface area contributed by atoms with E-state index in [2.05, 4.69) is 35.6 Å². The fourth-order valence-electron chi connectivity index (χ4n) is 5.74. The number of aliphatic hydroxyl groups excluding tert-OH is 2. The number of fused-ring (bicyclic) bond motifs is 1. The number of phenolic OH excluding ortho intramolecular Hbond substituents is 1. The second kappa shape index (κ2) is 12.1. The third-order valence-corrected chi connectivity index (χ3v) is 8.37. The van der Waals surface area contributed by atoms with Gasteiger partial charge in [-0.15, -0.1) is 0 Å². The van der Waals surface area contributed by atoms with Crippen molar-refractivity contribution in [3.63, 3.8) is 0 Å². The summed E-state index contributed by atoms with van der Waals surface area (Å²) < 4.78 is 5.99. The maximum absolute atomic E-state index is 12.9. The van der Waals surface area contributed by atoms with E-state index >= 15 is 0 Å². The number of allylic oxidation sites excluding steroid dienone is 2. The lowest BCUT2D eigenvalue weighted by Crippen LogP contribution is -2.39. The monoisotopic (exact) mass is 611 g/mol. The van der Waals surface area contributed by atoms with Gasteiger partial charge in [-0.25, -0.2) is 0 Å². The number of rotatable bonds is 10. The maximum Gasteiger partial charge on any atom is 0.233 e. The molecule has 36 heavy (non-hydrogen) atoms. The van der Waals surface area contributed by atoms with Crippen LogP contribution in [0.5, 0.6) is 11.5 Å². The highest BCUT2D eigenvalue weighted by Gasteiger charge is 2.53. The van der Waals surface area contributed by atoms with E-state index in [9.17, 15) is 24.9 Å². The van der Waals surface area contributed by atoms with Crippen LogP contribution in [-0.2, 0) is 9.59 Å². The average Bonchev–Trinajstić information content (AvgIpc) is 3.06. The average molecular weight is 612 g/mol. The van der Waals surface area contributed by atoms with Gasteiger partial charge in [0.1, 0.15) is 0 Å². The Balaban J connectivity index is 1.89. The Hall–Kier alpha value is -1.91. The number of phenols is 1. The molecule has 1 aromatic rings. The number of carbonyl (C=O) groups excluding carboxylic acids is 2. The molecule has 3 N–H and O–H groups in total. The van der Waals surface area contributed by atoms with E-state index in [1.54, 1.807) is 6.07 Å². The summed E-state index contributed by atoms with van der Waals surface area (Å²) in [5.41, 5.74) is 3.80. The molecule has 0 aromatic heterocycles. The number of nitrogens with zero attached hydrogens (tertiary/aromatic N) is 1. The third-order valence-electron chi connectivity index (χ3n) is 7.54. The van der Waals surface area contributed by atoms with Crippen LogP contribution >= 0.6 is 22.6 Å². The number of halogens is 1. The van der Waals surface area contributed by atoms with Crippen LogP contribution in [0.2, 0.25) is 0 Å². The zero-order valence-electron chi connectivity index (χ0n) is 21.8. The van der Waals surface area contributed by atoms with Crippen molar-refractivity contribution in [1.29, 1.82) is 0 Å². The molecule has 0 spiro atoms. The van der Waals surface area contributed by atoms with Gasteiger partial charge in [0.2, 0.25) is 11.8 Å². The number of aliphatic hydroxyl groups is 2. The van der Waals surface area contributed by atoms with Crippen molar-refractivity contribution < 1.29 is 29.6 Å². The van der Waals surface area contributed by atoms with Gasteiger partial charge in [-0.2, -0.15) is 0 Å². The Morgan fingerprint density at radius 1 is 1.25 bits per heavy atom. The van der Waals surface area contributed by atoms with E-state index in [1.165, 1.54) is 19.1 Å². The molecule has 4 atom stereocenters. The Kier molecular flexibility index (Phi) is 9.62. The van der Waals surface area contributed by atoms with Crippen molar-refractivity contribution in [3.8, 4) is 11.5 Å². The highest BCUT2D eigenvalue weighted by atomic mass is 127. The maximum atomic E-state index is 12.9. The molecule has 198 valence electrons. The van der Waals surface area contributed by atoms with Crippen LogP contribution in [0.25, 0.3) is 6.08 Å².